The lowest BCUT2D eigenvalue weighted by Gasteiger charge is -2.04. The summed E-state index contributed by atoms with van der Waals surface area (Å²) >= 11 is 0. The van der Waals surface area contributed by atoms with Crippen molar-refractivity contribution in [1.29, 1.82) is 0 Å². The van der Waals surface area contributed by atoms with Gasteiger partial charge in [0.25, 0.3) is 0 Å². The van der Waals surface area contributed by atoms with Gasteiger partial charge < -0.3 is 0 Å². The average Bonchev–Trinajstić information content (AvgIpc) is 2.02. The van der Waals surface area contributed by atoms with Gasteiger partial charge in [0.05, 0.1) is 0 Å². The van der Waals surface area contributed by atoms with E-state index >= 15 is 0 Å². The van der Waals surface area contributed by atoms with Gasteiger partial charge in [-0.05, 0) is 0 Å². The van der Waals surface area contributed by atoms with Crippen LogP contribution in [0.1, 0.15) is 10.9 Å². The standard InChI is InChI=1S/C7H6ClNO4S/c8-14(12,13)7(9(10)11)6-4-2-1-3-5-6/h1-5,7H. The second-order valence-corrected chi connectivity index (χ2v) is 5.21. The van der Waals surface area contributed by atoms with Crippen LogP contribution >= 0.6 is 10.7 Å². The number of benzene rings is 1. The number of nitrogens with zero attached hydrogens (tertiary/aromatic N) is 1. The molecule has 1 rings (SSSR count). The van der Waals surface area contributed by atoms with Crippen molar-refractivity contribution in [3.63, 3.8) is 0 Å². The number of rotatable bonds is 3. The van der Waals surface area contributed by atoms with Gasteiger partial charge in [0, 0.05) is 21.2 Å². The molecule has 0 saturated carbocycles. The lowest BCUT2D eigenvalue weighted by molar-refractivity contribution is -0.502. The number of hydrogen-bond donors (Lipinski definition) is 0. The van der Waals surface area contributed by atoms with Gasteiger partial charge in [-0.2, -0.15) is 0 Å². The summed E-state index contributed by atoms with van der Waals surface area (Å²) in [6.45, 7) is 0. The molecule has 0 heterocycles. The smallest absolute Gasteiger partial charge is 0.263 e. The summed E-state index contributed by atoms with van der Waals surface area (Å²) in [7, 11) is 0.715. The van der Waals surface area contributed by atoms with Gasteiger partial charge in [-0.1, -0.05) is 30.3 Å². The maximum Gasteiger partial charge on any atom is 0.349 e. The summed E-state index contributed by atoms with van der Waals surface area (Å²) in [6.07, 6.45) is 0. The molecule has 14 heavy (non-hydrogen) atoms. The zero-order valence-electron chi connectivity index (χ0n) is 6.83. The first-order chi connectivity index (χ1) is 6.43. The molecule has 5 nitrogen and oxygen atoms in total. The molecule has 0 saturated heterocycles. The Hall–Kier alpha value is -1.14. The topological polar surface area (TPSA) is 77.3 Å². The molecular weight excluding hydrogens is 230 g/mol. The quantitative estimate of drug-likeness (QED) is 0.452. The predicted octanol–water partition coefficient (Wildman–Crippen LogP) is 1.53. The summed E-state index contributed by atoms with van der Waals surface area (Å²) in [5, 5.41) is 8.59. The van der Waals surface area contributed by atoms with Crippen molar-refractivity contribution >= 4 is 19.7 Å². The molecule has 1 aromatic rings. The molecule has 1 atom stereocenters. The van der Waals surface area contributed by atoms with Gasteiger partial charge in [0.1, 0.15) is 0 Å². The highest BCUT2D eigenvalue weighted by atomic mass is 35.7. The first kappa shape index (κ1) is 10.9. The Morgan fingerprint density at radius 3 is 2.14 bits per heavy atom. The lowest BCUT2D eigenvalue weighted by Crippen LogP contribution is -2.16. The van der Waals surface area contributed by atoms with Crippen LogP contribution in [0.25, 0.3) is 0 Å². The van der Waals surface area contributed by atoms with E-state index in [1.807, 2.05) is 0 Å². The van der Waals surface area contributed by atoms with Crippen LogP contribution in [0.3, 0.4) is 0 Å². The second-order valence-electron chi connectivity index (χ2n) is 2.52. The lowest BCUT2D eigenvalue weighted by atomic mass is 10.2. The molecule has 0 N–H and O–H groups in total. The Labute approximate surface area is 84.9 Å². The molecular formula is C7H6ClNO4S. The zero-order chi connectivity index (χ0) is 10.8. The molecule has 7 heteroatoms. The summed E-state index contributed by atoms with van der Waals surface area (Å²) in [4.78, 5) is 9.56. The molecule has 76 valence electrons. The van der Waals surface area contributed by atoms with E-state index in [2.05, 4.69) is 0 Å². The highest BCUT2D eigenvalue weighted by molar-refractivity contribution is 8.13. The van der Waals surface area contributed by atoms with Gasteiger partial charge in [-0.25, -0.2) is 8.42 Å². The number of hydrogen-bond acceptors (Lipinski definition) is 4. The normalized spacial score (nSPS) is 13.5. The van der Waals surface area contributed by atoms with Crippen LogP contribution in [0.4, 0.5) is 0 Å². The van der Waals surface area contributed by atoms with Crippen LogP contribution in [0, 0.1) is 10.1 Å². The van der Waals surface area contributed by atoms with Gasteiger partial charge >= 0.3 is 14.4 Å². The van der Waals surface area contributed by atoms with Crippen LogP contribution in [0.2, 0.25) is 0 Å². The number of halogens is 1. The monoisotopic (exact) mass is 235 g/mol. The SMILES string of the molecule is O=[N+]([O-])C(c1ccccc1)S(=O)(=O)Cl. The van der Waals surface area contributed by atoms with Crippen molar-refractivity contribution in [3.8, 4) is 0 Å². The third-order valence-electron chi connectivity index (χ3n) is 1.54. The van der Waals surface area contributed by atoms with Crippen molar-refractivity contribution in [1.82, 2.24) is 0 Å². The van der Waals surface area contributed by atoms with Gasteiger partial charge in [-0.3, -0.25) is 10.1 Å². The molecule has 0 spiro atoms. The summed E-state index contributed by atoms with van der Waals surface area (Å²) in [6, 6.07) is 7.32. The summed E-state index contributed by atoms with van der Waals surface area (Å²) in [5.41, 5.74) is 0.0486. The molecule has 0 amide bonds. The van der Waals surface area contributed by atoms with E-state index in [-0.39, 0.29) is 5.56 Å². The first-order valence-electron chi connectivity index (χ1n) is 3.55. The number of nitro groups is 1. The fourth-order valence-electron chi connectivity index (χ4n) is 1.00. The highest BCUT2D eigenvalue weighted by Gasteiger charge is 2.36. The van der Waals surface area contributed by atoms with Gasteiger partial charge in [0.2, 0.25) is 0 Å². The van der Waals surface area contributed by atoms with Gasteiger partial charge in [0.15, 0.2) is 0 Å². The zero-order valence-corrected chi connectivity index (χ0v) is 8.40. The molecule has 0 aliphatic carbocycles. The molecule has 0 aromatic heterocycles. The molecule has 1 unspecified atom stereocenters. The van der Waals surface area contributed by atoms with Crippen LogP contribution in [-0.4, -0.2) is 13.3 Å². The second kappa shape index (κ2) is 3.93. The van der Waals surface area contributed by atoms with Crippen molar-refractivity contribution < 1.29 is 13.3 Å². The van der Waals surface area contributed by atoms with E-state index in [0.29, 0.717) is 0 Å². The first-order valence-corrected chi connectivity index (χ1v) is 5.92. The minimum Gasteiger partial charge on any atom is -0.263 e. The van der Waals surface area contributed by atoms with Gasteiger partial charge in [-0.15, -0.1) is 0 Å². The van der Waals surface area contributed by atoms with Crippen molar-refractivity contribution in [2.24, 2.45) is 0 Å². The maximum absolute atomic E-state index is 10.9. The minimum atomic E-state index is -4.24. The Bertz CT molecular complexity index is 430. The van der Waals surface area contributed by atoms with E-state index < -0.39 is 19.3 Å². The van der Waals surface area contributed by atoms with Crippen molar-refractivity contribution in [2.45, 2.75) is 5.37 Å². The van der Waals surface area contributed by atoms with E-state index in [9.17, 15) is 18.5 Å². The molecule has 0 bridgehead atoms. The van der Waals surface area contributed by atoms with E-state index in [4.69, 9.17) is 10.7 Å². The fourth-order valence-corrected chi connectivity index (χ4v) is 2.20. The van der Waals surface area contributed by atoms with Crippen LogP contribution < -0.4 is 0 Å². The van der Waals surface area contributed by atoms with Crippen molar-refractivity contribution in [3.05, 3.63) is 46.0 Å². The molecule has 0 aliphatic rings. The highest BCUT2D eigenvalue weighted by Crippen LogP contribution is 2.25. The third kappa shape index (κ3) is 2.43. The molecule has 1 aromatic carbocycles. The Kier molecular flexibility index (Phi) is 3.07. The van der Waals surface area contributed by atoms with E-state index in [1.165, 1.54) is 24.3 Å². The third-order valence-corrected chi connectivity index (χ3v) is 3.03. The van der Waals surface area contributed by atoms with Crippen LogP contribution in [-0.2, 0) is 9.05 Å². The fraction of sp³-hybridized carbons (Fsp3) is 0.143. The van der Waals surface area contributed by atoms with Crippen LogP contribution in [0.5, 0.6) is 0 Å². The Morgan fingerprint density at radius 1 is 1.29 bits per heavy atom. The molecule has 0 fully saturated rings. The molecule has 0 aliphatic heterocycles. The maximum atomic E-state index is 10.9. The van der Waals surface area contributed by atoms with Crippen molar-refractivity contribution in [2.75, 3.05) is 0 Å². The molecule has 0 radical (unpaired) electrons. The van der Waals surface area contributed by atoms with E-state index in [0.717, 1.165) is 0 Å². The average molecular weight is 236 g/mol. The largest absolute Gasteiger partial charge is 0.349 e. The summed E-state index contributed by atoms with van der Waals surface area (Å²) < 4.78 is 21.8. The van der Waals surface area contributed by atoms with Crippen LogP contribution in [0.15, 0.2) is 30.3 Å². The Balaban J connectivity index is 3.22. The summed E-state index contributed by atoms with van der Waals surface area (Å²) in [5.74, 6) is 0. The van der Waals surface area contributed by atoms with E-state index in [1.54, 1.807) is 6.07 Å². The predicted molar refractivity (Wildman–Crippen MR) is 51.0 cm³/mol. The Morgan fingerprint density at radius 2 is 1.79 bits per heavy atom. The minimum absolute atomic E-state index is 0.0486.